The Kier molecular flexibility index (Phi) is 4.07. The van der Waals surface area contributed by atoms with Gasteiger partial charge in [-0.2, -0.15) is 5.10 Å². The lowest BCUT2D eigenvalue weighted by Gasteiger charge is -2.33. The molecule has 1 aromatic heterocycles. The highest BCUT2D eigenvalue weighted by Gasteiger charge is 2.38. The topological polar surface area (TPSA) is 44.0 Å². The van der Waals surface area contributed by atoms with Gasteiger partial charge in [0.25, 0.3) is 0 Å². The van der Waals surface area contributed by atoms with E-state index < -0.39 is 0 Å². The average Bonchev–Trinajstić information content (AvgIpc) is 2.92. The first-order chi connectivity index (χ1) is 7.86. The predicted octanol–water partition coefficient (Wildman–Crippen LogP) is 1.41. The van der Waals surface area contributed by atoms with E-state index in [0.717, 1.165) is 6.54 Å². The molecular weight excluding hydrogens is 236 g/mol. The minimum atomic E-state index is 0. The predicted molar refractivity (Wildman–Crippen MR) is 70.3 cm³/mol. The molecule has 2 aliphatic rings. The van der Waals surface area contributed by atoms with E-state index in [9.17, 15) is 0 Å². The van der Waals surface area contributed by atoms with Crippen LogP contribution in [0.1, 0.15) is 25.0 Å². The van der Waals surface area contributed by atoms with Gasteiger partial charge in [-0.05, 0) is 50.4 Å². The summed E-state index contributed by atoms with van der Waals surface area (Å²) >= 11 is 0. The van der Waals surface area contributed by atoms with Crippen LogP contribution in [0, 0.1) is 5.41 Å². The van der Waals surface area contributed by atoms with Crippen LogP contribution in [0.15, 0.2) is 12.3 Å². The van der Waals surface area contributed by atoms with Crippen molar-refractivity contribution in [2.75, 3.05) is 26.2 Å². The highest BCUT2D eigenvalue weighted by molar-refractivity contribution is 5.85. The van der Waals surface area contributed by atoms with Crippen molar-refractivity contribution < 1.29 is 0 Å². The number of hydrogen-bond acceptors (Lipinski definition) is 3. The molecule has 96 valence electrons. The highest BCUT2D eigenvalue weighted by atomic mass is 35.5. The van der Waals surface area contributed by atoms with Gasteiger partial charge in [0.1, 0.15) is 0 Å². The molecule has 1 aromatic rings. The first kappa shape index (κ1) is 12.9. The van der Waals surface area contributed by atoms with Crippen molar-refractivity contribution in [1.29, 1.82) is 0 Å². The summed E-state index contributed by atoms with van der Waals surface area (Å²) in [6.07, 6.45) is 5.92. The maximum absolute atomic E-state index is 4.01. The van der Waals surface area contributed by atoms with Crippen molar-refractivity contribution in [2.45, 2.75) is 25.8 Å². The van der Waals surface area contributed by atoms with E-state index in [2.05, 4.69) is 26.5 Å². The third-order valence-electron chi connectivity index (χ3n) is 4.13. The zero-order valence-corrected chi connectivity index (χ0v) is 10.9. The normalized spacial score (nSPS) is 23.8. The van der Waals surface area contributed by atoms with Gasteiger partial charge in [0, 0.05) is 25.0 Å². The number of nitrogens with zero attached hydrogens (tertiary/aromatic N) is 2. The summed E-state index contributed by atoms with van der Waals surface area (Å²) < 4.78 is 0. The van der Waals surface area contributed by atoms with Crippen molar-refractivity contribution in [3.8, 4) is 0 Å². The number of aromatic nitrogens is 2. The summed E-state index contributed by atoms with van der Waals surface area (Å²) in [4.78, 5) is 2.57. The molecule has 0 amide bonds. The van der Waals surface area contributed by atoms with Crippen LogP contribution >= 0.6 is 12.4 Å². The second-order valence-corrected chi connectivity index (χ2v) is 5.29. The molecule has 0 unspecified atom stereocenters. The first-order valence-electron chi connectivity index (χ1n) is 6.28. The minimum Gasteiger partial charge on any atom is -0.317 e. The molecular formula is C12H21ClN4. The van der Waals surface area contributed by atoms with E-state index >= 15 is 0 Å². The number of aromatic amines is 1. The van der Waals surface area contributed by atoms with Crippen LogP contribution in [-0.2, 0) is 6.54 Å². The lowest BCUT2D eigenvalue weighted by Crippen LogP contribution is -2.38. The molecule has 17 heavy (non-hydrogen) atoms. The van der Waals surface area contributed by atoms with Gasteiger partial charge in [0.15, 0.2) is 0 Å². The number of halogens is 1. The van der Waals surface area contributed by atoms with E-state index in [0.29, 0.717) is 5.41 Å². The number of likely N-dealkylation sites (tertiary alicyclic amines) is 1. The zero-order chi connectivity index (χ0) is 10.8. The van der Waals surface area contributed by atoms with E-state index in [1.54, 1.807) is 0 Å². The number of hydrogen-bond donors (Lipinski definition) is 2. The Morgan fingerprint density at radius 2 is 2.12 bits per heavy atom. The van der Waals surface area contributed by atoms with E-state index in [1.165, 1.54) is 51.1 Å². The molecule has 4 nitrogen and oxygen atoms in total. The highest BCUT2D eigenvalue weighted by Crippen LogP contribution is 2.38. The Hall–Kier alpha value is -0.580. The summed E-state index contributed by atoms with van der Waals surface area (Å²) in [5.74, 6) is 0. The molecule has 0 saturated carbocycles. The van der Waals surface area contributed by atoms with Crippen LogP contribution in [0.4, 0.5) is 0 Å². The Morgan fingerprint density at radius 3 is 2.82 bits per heavy atom. The quantitative estimate of drug-likeness (QED) is 0.841. The maximum atomic E-state index is 4.01. The van der Waals surface area contributed by atoms with Crippen LogP contribution in [0.2, 0.25) is 0 Å². The molecule has 0 aliphatic carbocycles. The van der Waals surface area contributed by atoms with Crippen LogP contribution in [0.25, 0.3) is 0 Å². The number of nitrogens with one attached hydrogen (secondary N) is 2. The van der Waals surface area contributed by atoms with Gasteiger partial charge in [-0.3, -0.25) is 10.00 Å². The van der Waals surface area contributed by atoms with Gasteiger partial charge in [0.2, 0.25) is 0 Å². The number of H-pyrrole nitrogens is 1. The van der Waals surface area contributed by atoms with Crippen molar-refractivity contribution >= 4 is 12.4 Å². The molecule has 0 atom stereocenters. The minimum absolute atomic E-state index is 0. The van der Waals surface area contributed by atoms with Gasteiger partial charge in [-0.25, -0.2) is 0 Å². The van der Waals surface area contributed by atoms with Gasteiger partial charge >= 0.3 is 0 Å². The van der Waals surface area contributed by atoms with Crippen LogP contribution < -0.4 is 5.32 Å². The maximum Gasteiger partial charge on any atom is 0.0492 e. The molecule has 2 saturated heterocycles. The third-order valence-corrected chi connectivity index (χ3v) is 4.13. The number of rotatable bonds is 2. The molecule has 2 N–H and O–H groups in total. The lowest BCUT2D eigenvalue weighted by atomic mass is 9.78. The van der Waals surface area contributed by atoms with Crippen molar-refractivity contribution in [3.05, 3.63) is 18.0 Å². The van der Waals surface area contributed by atoms with Crippen LogP contribution in [0.3, 0.4) is 0 Å². The Labute approximate surface area is 109 Å². The Bertz CT molecular complexity index is 332. The van der Waals surface area contributed by atoms with Crippen molar-refractivity contribution in [1.82, 2.24) is 20.4 Å². The standard InChI is InChI=1S/C12H20N4.ClH/c1-5-14-15-11(1)9-16-8-4-12(10-16)2-6-13-7-3-12;/h1,5,13H,2-4,6-10H2,(H,14,15);1H. The largest absolute Gasteiger partial charge is 0.317 e. The summed E-state index contributed by atoms with van der Waals surface area (Å²) in [7, 11) is 0. The van der Waals surface area contributed by atoms with Crippen molar-refractivity contribution in [3.63, 3.8) is 0 Å². The lowest BCUT2D eigenvalue weighted by molar-refractivity contribution is 0.193. The van der Waals surface area contributed by atoms with E-state index in [4.69, 9.17) is 0 Å². The molecule has 0 aromatic carbocycles. The molecule has 2 aliphatic heterocycles. The van der Waals surface area contributed by atoms with E-state index in [1.807, 2.05) is 6.20 Å². The van der Waals surface area contributed by atoms with Gasteiger partial charge in [0.05, 0.1) is 0 Å². The fraction of sp³-hybridized carbons (Fsp3) is 0.750. The second kappa shape index (κ2) is 5.38. The molecule has 0 bridgehead atoms. The third kappa shape index (κ3) is 2.81. The monoisotopic (exact) mass is 256 g/mol. The first-order valence-corrected chi connectivity index (χ1v) is 6.28. The summed E-state index contributed by atoms with van der Waals surface area (Å²) in [5, 5.41) is 10.5. The zero-order valence-electron chi connectivity index (χ0n) is 10.1. The molecule has 5 heteroatoms. The second-order valence-electron chi connectivity index (χ2n) is 5.29. The number of piperidine rings is 1. The SMILES string of the molecule is Cl.c1cc(CN2CCC3(CCNCC3)C2)[nH]n1. The molecule has 3 rings (SSSR count). The van der Waals surface area contributed by atoms with E-state index in [-0.39, 0.29) is 12.4 Å². The Balaban J connectivity index is 0.00000108. The molecule has 1 spiro atoms. The van der Waals surface area contributed by atoms with Crippen LogP contribution in [0.5, 0.6) is 0 Å². The average molecular weight is 257 g/mol. The van der Waals surface area contributed by atoms with Gasteiger partial charge in [-0.1, -0.05) is 0 Å². The fourth-order valence-electron chi connectivity index (χ4n) is 3.14. The molecule has 2 fully saturated rings. The van der Waals surface area contributed by atoms with Gasteiger partial charge in [-0.15, -0.1) is 12.4 Å². The molecule has 3 heterocycles. The summed E-state index contributed by atoms with van der Waals surface area (Å²) in [5.41, 5.74) is 1.86. The summed E-state index contributed by atoms with van der Waals surface area (Å²) in [6.45, 7) is 5.97. The summed E-state index contributed by atoms with van der Waals surface area (Å²) in [6, 6.07) is 2.08. The van der Waals surface area contributed by atoms with Gasteiger partial charge < -0.3 is 5.32 Å². The van der Waals surface area contributed by atoms with Crippen molar-refractivity contribution in [2.24, 2.45) is 5.41 Å². The Morgan fingerprint density at radius 1 is 1.29 bits per heavy atom. The smallest absolute Gasteiger partial charge is 0.0492 e. The fourth-order valence-corrected chi connectivity index (χ4v) is 3.14. The molecule has 0 radical (unpaired) electrons. The van der Waals surface area contributed by atoms with Crippen LogP contribution in [-0.4, -0.2) is 41.3 Å².